The highest BCUT2D eigenvalue weighted by atomic mass is 35.5. The Balaban J connectivity index is 1.86. The van der Waals surface area contributed by atoms with Crippen LogP contribution in [0.1, 0.15) is 0 Å². The lowest BCUT2D eigenvalue weighted by Gasteiger charge is -2.15. The highest BCUT2D eigenvalue weighted by molar-refractivity contribution is 7.92. The van der Waals surface area contributed by atoms with Gasteiger partial charge >= 0.3 is 0 Å². The van der Waals surface area contributed by atoms with E-state index in [1.165, 1.54) is 23.9 Å². The molecule has 0 fully saturated rings. The van der Waals surface area contributed by atoms with Gasteiger partial charge in [-0.3, -0.25) is 4.72 Å². The van der Waals surface area contributed by atoms with Gasteiger partial charge in [0.05, 0.1) is 29.7 Å². The number of phenolic OH excluding ortho intramolecular Hbond substituents is 1. The first-order valence-electron chi connectivity index (χ1n) is 9.19. The summed E-state index contributed by atoms with van der Waals surface area (Å²) in [4.78, 5) is -0.126. The molecule has 0 radical (unpaired) electrons. The van der Waals surface area contributed by atoms with Gasteiger partial charge < -0.3 is 9.84 Å². The highest BCUT2D eigenvalue weighted by Gasteiger charge is 2.24. The van der Waals surface area contributed by atoms with Gasteiger partial charge in [0.25, 0.3) is 10.0 Å². The van der Waals surface area contributed by atoms with Crippen molar-refractivity contribution in [2.75, 3.05) is 11.8 Å². The van der Waals surface area contributed by atoms with E-state index in [9.17, 15) is 13.5 Å². The van der Waals surface area contributed by atoms with Gasteiger partial charge in [-0.1, -0.05) is 41.9 Å². The molecule has 0 unspecified atom stereocenters. The molecule has 1 aromatic heterocycles. The second-order valence-electron chi connectivity index (χ2n) is 6.57. The Labute approximate surface area is 184 Å². The molecule has 0 saturated heterocycles. The summed E-state index contributed by atoms with van der Waals surface area (Å²) in [6.07, 6.45) is 1.54. The van der Waals surface area contributed by atoms with Crippen LogP contribution in [0.15, 0.2) is 83.9 Å². The van der Waals surface area contributed by atoms with E-state index >= 15 is 0 Å². The van der Waals surface area contributed by atoms with E-state index in [-0.39, 0.29) is 22.0 Å². The number of anilines is 1. The number of halogens is 1. The zero-order chi connectivity index (χ0) is 22.0. The molecule has 7 nitrogen and oxygen atoms in total. The standard InChI is InChI=1S/C22H18ClN3O4S/c1-30-21-14-20(27)16(13-22(21)31(28,29)25-15-7-3-2-4-8-15)18-11-12-24-26(18)19-10-6-5-9-17(19)23/h2-14,25,27H,1H3. The lowest BCUT2D eigenvalue weighted by Crippen LogP contribution is -2.14. The van der Waals surface area contributed by atoms with E-state index < -0.39 is 10.0 Å². The fourth-order valence-electron chi connectivity index (χ4n) is 3.16. The SMILES string of the molecule is COc1cc(O)c(-c2ccnn2-c2ccccc2Cl)cc1S(=O)(=O)Nc1ccccc1. The maximum absolute atomic E-state index is 13.1. The number of nitrogens with one attached hydrogen (secondary N) is 1. The predicted octanol–water partition coefficient (Wildman–Crippen LogP) is 4.71. The molecule has 3 aromatic carbocycles. The van der Waals surface area contributed by atoms with Crippen LogP contribution in [0.5, 0.6) is 11.5 Å². The Hall–Kier alpha value is -3.49. The smallest absolute Gasteiger partial charge is 0.265 e. The Bertz CT molecular complexity index is 1340. The van der Waals surface area contributed by atoms with Gasteiger partial charge in [0.1, 0.15) is 16.4 Å². The number of benzene rings is 3. The number of aromatic nitrogens is 2. The van der Waals surface area contributed by atoms with Crippen molar-refractivity contribution in [2.24, 2.45) is 0 Å². The van der Waals surface area contributed by atoms with Crippen LogP contribution < -0.4 is 9.46 Å². The van der Waals surface area contributed by atoms with E-state index in [0.29, 0.717) is 22.1 Å². The number of methoxy groups -OCH3 is 1. The Morgan fingerprint density at radius 3 is 2.45 bits per heavy atom. The molecule has 31 heavy (non-hydrogen) atoms. The first kappa shape index (κ1) is 20.8. The van der Waals surface area contributed by atoms with Gasteiger partial charge in [-0.05, 0) is 36.4 Å². The molecule has 0 bridgehead atoms. The van der Waals surface area contributed by atoms with Gasteiger partial charge in [0, 0.05) is 17.3 Å². The third-order valence-corrected chi connectivity index (χ3v) is 6.32. The van der Waals surface area contributed by atoms with Gasteiger partial charge in [-0.15, -0.1) is 0 Å². The summed E-state index contributed by atoms with van der Waals surface area (Å²) >= 11 is 6.31. The third-order valence-electron chi connectivity index (χ3n) is 4.60. The maximum atomic E-state index is 13.1. The van der Waals surface area contributed by atoms with Gasteiger partial charge in [0.15, 0.2) is 0 Å². The van der Waals surface area contributed by atoms with Crippen molar-refractivity contribution >= 4 is 27.3 Å². The number of para-hydroxylation sites is 2. The van der Waals surface area contributed by atoms with E-state index in [1.54, 1.807) is 66.9 Å². The van der Waals surface area contributed by atoms with Crippen molar-refractivity contribution in [1.29, 1.82) is 0 Å². The summed E-state index contributed by atoms with van der Waals surface area (Å²) in [5, 5.41) is 15.4. The minimum atomic E-state index is -4.01. The van der Waals surface area contributed by atoms with Crippen molar-refractivity contribution in [3.05, 3.63) is 84.0 Å². The molecule has 1 heterocycles. The summed E-state index contributed by atoms with van der Waals surface area (Å²) < 4.78 is 35.5. The lowest BCUT2D eigenvalue weighted by atomic mass is 10.1. The van der Waals surface area contributed by atoms with Crippen LogP contribution in [0.4, 0.5) is 5.69 Å². The van der Waals surface area contributed by atoms with Crippen molar-refractivity contribution in [3.8, 4) is 28.4 Å². The fraction of sp³-hybridized carbons (Fsp3) is 0.0455. The number of phenols is 1. The molecule has 9 heteroatoms. The van der Waals surface area contributed by atoms with Crippen LogP contribution in [0, 0.1) is 0 Å². The maximum Gasteiger partial charge on any atom is 0.265 e. The number of ether oxygens (including phenoxy) is 1. The van der Waals surface area contributed by atoms with E-state index in [1.807, 2.05) is 0 Å². The average Bonchev–Trinajstić information content (AvgIpc) is 3.23. The minimum Gasteiger partial charge on any atom is -0.507 e. The van der Waals surface area contributed by atoms with Gasteiger partial charge in [-0.25, -0.2) is 13.1 Å². The number of nitrogens with zero attached hydrogens (tertiary/aromatic N) is 2. The average molecular weight is 456 g/mol. The topological polar surface area (TPSA) is 93.4 Å². The first-order chi connectivity index (χ1) is 14.9. The van der Waals surface area contributed by atoms with Gasteiger partial charge in [0.2, 0.25) is 0 Å². The molecule has 0 amide bonds. The number of rotatable bonds is 6. The molecule has 0 saturated carbocycles. The highest BCUT2D eigenvalue weighted by Crippen LogP contribution is 2.39. The number of hydrogen-bond acceptors (Lipinski definition) is 5. The van der Waals surface area contributed by atoms with Gasteiger partial charge in [-0.2, -0.15) is 5.10 Å². The van der Waals surface area contributed by atoms with Crippen LogP contribution in [0.3, 0.4) is 0 Å². The second-order valence-corrected chi connectivity index (χ2v) is 8.63. The first-order valence-corrected chi connectivity index (χ1v) is 11.0. The molecule has 0 spiro atoms. The number of sulfonamides is 1. The normalized spacial score (nSPS) is 11.3. The Kier molecular flexibility index (Phi) is 5.58. The van der Waals surface area contributed by atoms with Crippen molar-refractivity contribution in [1.82, 2.24) is 9.78 Å². The number of hydrogen-bond donors (Lipinski definition) is 2. The zero-order valence-electron chi connectivity index (χ0n) is 16.4. The monoisotopic (exact) mass is 455 g/mol. The molecule has 0 aliphatic rings. The van der Waals surface area contributed by atoms with E-state index in [2.05, 4.69) is 9.82 Å². The fourth-order valence-corrected chi connectivity index (χ4v) is 4.62. The molecule has 0 atom stereocenters. The third kappa shape index (κ3) is 4.08. The lowest BCUT2D eigenvalue weighted by molar-refractivity contribution is 0.396. The van der Waals surface area contributed by atoms with Crippen LogP contribution >= 0.6 is 11.6 Å². The van der Waals surface area contributed by atoms with Crippen molar-refractivity contribution in [2.45, 2.75) is 4.90 Å². The molecular formula is C22H18ClN3O4S. The predicted molar refractivity (Wildman–Crippen MR) is 119 cm³/mol. The Morgan fingerprint density at radius 1 is 1.03 bits per heavy atom. The Morgan fingerprint density at radius 2 is 1.74 bits per heavy atom. The summed E-state index contributed by atoms with van der Waals surface area (Å²) in [6.45, 7) is 0. The molecule has 4 rings (SSSR count). The van der Waals surface area contributed by atoms with Crippen LogP contribution in [-0.2, 0) is 10.0 Å². The summed E-state index contributed by atoms with van der Waals surface area (Å²) in [7, 11) is -2.68. The van der Waals surface area contributed by atoms with E-state index in [4.69, 9.17) is 16.3 Å². The quantitative estimate of drug-likeness (QED) is 0.439. The molecule has 0 aliphatic carbocycles. The van der Waals surface area contributed by atoms with Crippen molar-refractivity contribution in [3.63, 3.8) is 0 Å². The summed E-state index contributed by atoms with van der Waals surface area (Å²) in [6, 6.07) is 19.9. The van der Waals surface area contributed by atoms with Crippen LogP contribution in [-0.4, -0.2) is 30.4 Å². The largest absolute Gasteiger partial charge is 0.507 e. The van der Waals surface area contributed by atoms with Crippen LogP contribution in [0.25, 0.3) is 16.9 Å². The molecular weight excluding hydrogens is 438 g/mol. The second kappa shape index (κ2) is 8.33. The minimum absolute atomic E-state index is 0.00786. The van der Waals surface area contributed by atoms with Crippen molar-refractivity contribution < 1.29 is 18.3 Å². The molecule has 0 aliphatic heterocycles. The molecule has 4 aromatic rings. The van der Waals surface area contributed by atoms with E-state index in [0.717, 1.165) is 0 Å². The molecule has 158 valence electrons. The number of aromatic hydroxyl groups is 1. The van der Waals surface area contributed by atoms with Crippen LogP contribution in [0.2, 0.25) is 5.02 Å². The summed E-state index contributed by atoms with van der Waals surface area (Å²) in [5.41, 5.74) is 1.71. The summed E-state index contributed by atoms with van der Waals surface area (Å²) in [5.74, 6) is -0.155. The molecule has 2 N–H and O–H groups in total. The zero-order valence-corrected chi connectivity index (χ0v) is 17.9.